The highest BCUT2D eigenvalue weighted by atomic mass is 79.9. The van der Waals surface area contributed by atoms with Gasteiger partial charge in [-0.05, 0) is 33.6 Å². The van der Waals surface area contributed by atoms with Crippen molar-refractivity contribution in [2.45, 2.75) is 6.04 Å². The molecule has 0 heterocycles. The first-order valence-electron chi connectivity index (χ1n) is 6.04. The van der Waals surface area contributed by atoms with E-state index < -0.39 is 17.8 Å². The predicted molar refractivity (Wildman–Crippen MR) is 77.8 cm³/mol. The number of rotatable bonds is 4. The van der Waals surface area contributed by atoms with Gasteiger partial charge in [-0.1, -0.05) is 36.4 Å². The minimum absolute atomic E-state index is 0.0613. The van der Waals surface area contributed by atoms with E-state index in [1.54, 1.807) is 18.2 Å². The van der Waals surface area contributed by atoms with Gasteiger partial charge in [0.2, 0.25) is 0 Å². The summed E-state index contributed by atoms with van der Waals surface area (Å²) in [4.78, 5) is 12.1. The molecular formula is C15H13BrFNO2. The van der Waals surface area contributed by atoms with Gasteiger partial charge in [-0.2, -0.15) is 0 Å². The molecule has 0 aliphatic heterocycles. The van der Waals surface area contributed by atoms with E-state index in [0.717, 1.165) is 5.56 Å². The van der Waals surface area contributed by atoms with Gasteiger partial charge in [0, 0.05) is 0 Å². The maximum atomic E-state index is 13.8. The smallest absolute Gasteiger partial charge is 0.254 e. The lowest BCUT2D eigenvalue weighted by molar-refractivity contribution is 0.0912. The number of halogens is 2. The Kier molecular flexibility index (Phi) is 4.87. The summed E-state index contributed by atoms with van der Waals surface area (Å²) in [5.74, 6) is -1.18. The van der Waals surface area contributed by atoms with Crippen LogP contribution in [0.15, 0.2) is 53.0 Å². The molecule has 2 N–H and O–H groups in total. The normalized spacial score (nSPS) is 11.9. The van der Waals surface area contributed by atoms with Crippen molar-refractivity contribution in [3.63, 3.8) is 0 Å². The van der Waals surface area contributed by atoms with Crippen LogP contribution in [0.25, 0.3) is 0 Å². The lowest BCUT2D eigenvalue weighted by atomic mass is 10.1. The van der Waals surface area contributed by atoms with Crippen molar-refractivity contribution in [2.75, 3.05) is 6.61 Å². The summed E-state index contributed by atoms with van der Waals surface area (Å²) in [5, 5.41) is 12.0. The Morgan fingerprint density at radius 3 is 2.55 bits per heavy atom. The third kappa shape index (κ3) is 3.23. The molecule has 2 rings (SSSR count). The summed E-state index contributed by atoms with van der Waals surface area (Å²) in [6.45, 7) is -0.259. The summed E-state index contributed by atoms with van der Waals surface area (Å²) in [6, 6.07) is 13.0. The van der Waals surface area contributed by atoms with Crippen LogP contribution in [0.4, 0.5) is 4.39 Å². The van der Waals surface area contributed by atoms with E-state index in [0.29, 0.717) is 0 Å². The maximum absolute atomic E-state index is 13.8. The maximum Gasteiger partial charge on any atom is 0.254 e. The molecule has 0 aliphatic carbocycles. The van der Waals surface area contributed by atoms with Gasteiger partial charge in [0.05, 0.1) is 22.7 Å². The van der Waals surface area contributed by atoms with Gasteiger partial charge in [0.25, 0.3) is 5.91 Å². The highest BCUT2D eigenvalue weighted by molar-refractivity contribution is 9.10. The minimum Gasteiger partial charge on any atom is -0.394 e. The van der Waals surface area contributed by atoms with Gasteiger partial charge in [-0.25, -0.2) is 4.39 Å². The van der Waals surface area contributed by atoms with E-state index in [4.69, 9.17) is 0 Å². The number of benzene rings is 2. The van der Waals surface area contributed by atoms with Crippen molar-refractivity contribution >= 4 is 21.8 Å². The van der Waals surface area contributed by atoms with Crippen molar-refractivity contribution in [1.82, 2.24) is 5.32 Å². The van der Waals surface area contributed by atoms with Crippen LogP contribution in [0.2, 0.25) is 0 Å². The fourth-order valence-corrected chi connectivity index (χ4v) is 2.20. The molecule has 0 bridgehead atoms. The average Bonchev–Trinajstić information content (AvgIpc) is 2.48. The molecule has 0 fully saturated rings. The first-order chi connectivity index (χ1) is 9.63. The van der Waals surface area contributed by atoms with Crippen LogP contribution < -0.4 is 5.32 Å². The summed E-state index contributed by atoms with van der Waals surface area (Å²) in [5.41, 5.74) is 0.701. The zero-order chi connectivity index (χ0) is 14.5. The van der Waals surface area contributed by atoms with E-state index in [1.807, 2.05) is 18.2 Å². The van der Waals surface area contributed by atoms with E-state index in [2.05, 4.69) is 21.2 Å². The monoisotopic (exact) mass is 337 g/mol. The van der Waals surface area contributed by atoms with Crippen molar-refractivity contribution in [2.24, 2.45) is 0 Å². The lowest BCUT2D eigenvalue weighted by Crippen LogP contribution is -2.31. The van der Waals surface area contributed by atoms with Crippen LogP contribution >= 0.6 is 15.9 Å². The molecule has 5 heteroatoms. The van der Waals surface area contributed by atoms with Crippen LogP contribution in [0.3, 0.4) is 0 Å². The van der Waals surface area contributed by atoms with E-state index in [-0.39, 0.29) is 16.6 Å². The van der Waals surface area contributed by atoms with Crippen LogP contribution in [-0.2, 0) is 0 Å². The molecule has 0 radical (unpaired) electrons. The molecular weight excluding hydrogens is 325 g/mol. The van der Waals surface area contributed by atoms with Crippen molar-refractivity contribution in [3.8, 4) is 0 Å². The average molecular weight is 338 g/mol. The summed E-state index contributed by atoms with van der Waals surface area (Å²) in [6.07, 6.45) is 0. The standard InChI is InChI=1S/C15H13BrFNO2/c16-12-8-4-7-11(14(12)17)15(20)18-13(9-19)10-5-2-1-3-6-10/h1-8,13,19H,9H2,(H,18,20). The fourth-order valence-electron chi connectivity index (χ4n) is 1.83. The van der Waals surface area contributed by atoms with Crippen molar-refractivity contribution in [3.05, 3.63) is 69.9 Å². The quantitative estimate of drug-likeness (QED) is 0.900. The van der Waals surface area contributed by atoms with Crippen LogP contribution in [0, 0.1) is 5.82 Å². The third-order valence-corrected chi connectivity index (χ3v) is 3.50. The largest absolute Gasteiger partial charge is 0.394 e. The Bertz CT molecular complexity index is 604. The SMILES string of the molecule is O=C(NC(CO)c1ccccc1)c1cccc(Br)c1F. The summed E-state index contributed by atoms with van der Waals surface area (Å²) >= 11 is 3.04. The van der Waals surface area contributed by atoms with Crippen molar-refractivity contribution in [1.29, 1.82) is 0 Å². The molecule has 2 aromatic carbocycles. The van der Waals surface area contributed by atoms with Crippen molar-refractivity contribution < 1.29 is 14.3 Å². The van der Waals surface area contributed by atoms with Gasteiger partial charge in [-0.3, -0.25) is 4.79 Å². The lowest BCUT2D eigenvalue weighted by Gasteiger charge is -2.17. The summed E-state index contributed by atoms with van der Waals surface area (Å²) < 4.78 is 14.1. The number of carbonyl (C=O) groups is 1. The van der Waals surface area contributed by atoms with E-state index in [1.165, 1.54) is 12.1 Å². The zero-order valence-electron chi connectivity index (χ0n) is 10.5. The Morgan fingerprint density at radius 2 is 1.90 bits per heavy atom. The number of hydrogen-bond acceptors (Lipinski definition) is 2. The van der Waals surface area contributed by atoms with Gasteiger partial charge in [-0.15, -0.1) is 0 Å². The molecule has 1 amide bonds. The van der Waals surface area contributed by atoms with Gasteiger partial charge in [0.15, 0.2) is 0 Å². The molecule has 1 unspecified atom stereocenters. The molecule has 104 valence electrons. The Labute approximate surface area is 124 Å². The molecule has 0 aromatic heterocycles. The van der Waals surface area contributed by atoms with Gasteiger partial charge < -0.3 is 10.4 Å². The summed E-state index contributed by atoms with van der Waals surface area (Å²) in [7, 11) is 0. The Balaban J connectivity index is 2.20. The predicted octanol–water partition coefficient (Wildman–Crippen LogP) is 3.05. The first kappa shape index (κ1) is 14.7. The molecule has 0 spiro atoms. The molecule has 2 aromatic rings. The second-order valence-electron chi connectivity index (χ2n) is 4.22. The van der Waals surface area contributed by atoms with Crippen LogP contribution in [-0.4, -0.2) is 17.6 Å². The van der Waals surface area contributed by atoms with Gasteiger partial charge in [0.1, 0.15) is 5.82 Å². The Hall–Kier alpha value is -1.72. The molecule has 1 atom stereocenters. The number of carbonyl (C=O) groups excluding carboxylic acids is 1. The second-order valence-corrected chi connectivity index (χ2v) is 5.08. The zero-order valence-corrected chi connectivity index (χ0v) is 12.1. The number of amides is 1. The number of aliphatic hydroxyl groups is 1. The highest BCUT2D eigenvalue weighted by Crippen LogP contribution is 2.19. The van der Waals surface area contributed by atoms with E-state index in [9.17, 15) is 14.3 Å². The number of hydrogen-bond donors (Lipinski definition) is 2. The Morgan fingerprint density at radius 1 is 1.20 bits per heavy atom. The second kappa shape index (κ2) is 6.63. The molecule has 0 aliphatic rings. The van der Waals surface area contributed by atoms with Crippen LogP contribution in [0.1, 0.15) is 22.0 Å². The molecule has 20 heavy (non-hydrogen) atoms. The molecule has 3 nitrogen and oxygen atoms in total. The first-order valence-corrected chi connectivity index (χ1v) is 6.83. The minimum atomic E-state index is -0.616. The van der Waals surface area contributed by atoms with Crippen LogP contribution in [0.5, 0.6) is 0 Å². The van der Waals surface area contributed by atoms with E-state index >= 15 is 0 Å². The third-order valence-electron chi connectivity index (χ3n) is 2.89. The highest BCUT2D eigenvalue weighted by Gasteiger charge is 2.18. The fraction of sp³-hybridized carbons (Fsp3) is 0.133. The molecule has 0 saturated carbocycles. The molecule has 0 saturated heterocycles. The topological polar surface area (TPSA) is 49.3 Å². The number of nitrogens with one attached hydrogen (secondary N) is 1. The van der Waals surface area contributed by atoms with Gasteiger partial charge >= 0.3 is 0 Å². The number of aliphatic hydroxyl groups excluding tert-OH is 1.